The lowest BCUT2D eigenvalue weighted by Crippen LogP contribution is -2.45. The van der Waals surface area contributed by atoms with Gasteiger partial charge >= 0.3 is 0 Å². The van der Waals surface area contributed by atoms with Gasteiger partial charge in [0, 0.05) is 6.42 Å². The van der Waals surface area contributed by atoms with Crippen LogP contribution in [0.2, 0.25) is 0 Å². The van der Waals surface area contributed by atoms with Crippen LogP contribution in [-0.2, 0) is 9.53 Å². The molecule has 112 valence electrons. The molecule has 0 radical (unpaired) electrons. The Morgan fingerprint density at radius 1 is 1.16 bits per heavy atom. The second kappa shape index (κ2) is 10.2. The van der Waals surface area contributed by atoms with E-state index in [2.05, 4.69) is 12.2 Å². The van der Waals surface area contributed by atoms with Crippen LogP contribution in [0.15, 0.2) is 0 Å². The molecular weight excluding hydrogens is 242 g/mol. The second-order valence-electron chi connectivity index (χ2n) is 5.56. The molecule has 4 heteroatoms. The fourth-order valence-corrected chi connectivity index (χ4v) is 2.45. The molecule has 2 N–H and O–H groups in total. The molecule has 0 aromatic rings. The average molecular weight is 271 g/mol. The highest BCUT2D eigenvalue weighted by atomic mass is 16.5. The van der Waals surface area contributed by atoms with Crippen molar-refractivity contribution in [1.82, 2.24) is 5.32 Å². The molecule has 0 spiro atoms. The van der Waals surface area contributed by atoms with Crippen molar-refractivity contribution in [3.8, 4) is 0 Å². The van der Waals surface area contributed by atoms with Gasteiger partial charge in [-0.15, -0.1) is 0 Å². The Bertz CT molecular complexity index is 246. The van der Waals surface area contributed by atoms with E-state index < -0.39 is 6.10 Å². The normalized spacial score (nSPS) is 23.3. The van der Waals surface area contributed by atoms with Crippen molar-refractivity contribution in [2.24, 2.45) is 0 Å². The highest BCUT2D eigenvalue weighted by Crippen LogP contribution is 2.10. The molecule has 0 aromatic carbocycles. The minimum Gasteiger partial charge on any atom is -0.391 e. The first-order valence-electron chi connectivity index (χ1n) is 7.77. The number of hydrogen-bond donors (Lipinski definition) is 2. The van der Waals surface area contributed by atoms with Gasteiger partial charge < -0.3 is 15.2 Å². The van der Waals surface area contributed by atoms with Crippen molar-refractivity contribution >= 4 is 5.91 Å². The molecule has 1 heterocycles. The fourth-order valence-electron chi connectivity index (χ4n) is 2.45. The van der Waals surface area contributed by atoms with Crippen LogP contribution < -0.4 is 5.32 Å². The lowest BCUT2D eigenvalue weighted by atomic mass is 10.1. The van der Waals surface area contributed by atoms with Crippen LogP contribution in [0, 0.1) is 0 Å². The third-order valence-corrected chi connectivity index (χ3v) is 3.56. The number of rotatable bonds is 9. The van der Waals surface area contributed by atoms with Gasteiger partial charge in [0.15, 0.2) is 0 Å². The largest absolute Gasteiger partial charge is 0.391 e. The quantitative estimate of drug-likeness (QED) is 0.633. The van der Waals surface area contributed by atoms with Crippen LogP contribution in [-0.4, -0.2) is 36.4 Å². The Balaban J connectivity index is 1.95. The zero-order valence-corrected chi connectivity index (χ0v) is 12.2. The first-order valence-corrected chi connectivity index (χ1v) is 7.77. The lowest BCUT2D eigenvalue weighted by Gasteiger charge is -2.26. The smallest absolute Gasteiger partial charge is 0.220 e. The molecular formula is C15H29NO3. The topological polar surface area (TPSA) is 58.6 Å². The summed E-state index contributed by atoms with van der Waals surface area (Å²) in [7, 11) is 0. The van der Waals surface area contributed by atoms with E-state index in [1.165, 1.54) is 32.1 Å². The molecule has 0 saturated carbocycles. The summed E-state index contributed by atoms with van der Waals surface area (Å²) in [4.78, 5) is 11.7. The first kappa shape index (κ1) is 16.4. The summed E-state index contributed by atoms with van der Waals surface area (Å²) < 4.78 is 5.21. The first-order chi connectivity index (χ1) is 9.22. The van der Waals surface area contributed by atoms with E-state index in [1.54, 1.807) is 0 Å². The molecule has 1 amide bonds. The summed E-state index contributed by atoms with van der Waals surface area (Å²) in [5.41, 5.74) is 0. The van der Waals surface area contributed by atoms with Gasteiger partial charge in [0.1, 0.15) is 0 Å². The number of nitrogens with one attached hydrogen (secondary N) is 1. The minimum atomic E-state index is -0.433. The third-order valence-electron chi connectivity index (χ3n) is 3.56. The molecule has 4 nitrogen and oxygen atoms in total. The van der Waals surface area contributed by atoms with Gasteiger partial charge in [0.25, 0.3) is 0 Å². The third kappa shape index (κ3) is 8.22. The van der Waals surface area contributed by atoms with E-state index in [9.17, 15) is 9.90 Å². The number of carbonyl (C=O) groups excluding carboxylic acids is 1. The Morgan fingerprint density at radius 2 is 1.84 bits per heavy atom. The van der Waals surface area contributed by atoms with Crippen LogP contribution >= 0.6 is 0 Å². The maximum Gasteiger partial charge on any atom is 0.220 e. The fraction of sp³-hybridized carbons (Fsp3) is 0.933. The van der Waals surface area contributed by atoms with Crippen LogP contribution in [0.1, 0.15) is 64.7 Å². The van der Waals surface area contributed by atoms with Gasteiger partial charge in [-0.05, 0) is 12.8 Å². The van der Waals surface area contributed by atoms with Crippen molar-refractivity contribution in [1.29, 1.82) is 0 Å². The Kier molecular flexibility index (Phi) is 8.84. The SMILES string of the molecule is CCCCCCCCCC(=O)N[C@H]1COC[C@@H](O)C1. The Hall–Kier alpha value is -0.610. The summed E-state index contributed by atoms with van der Waals surface area (Å²) in [5, 5.41) is 12.4. The number of amides is 1. The number of aliphatic hydroxyl groups excluding tert-OH is 1. The Morgan fingerprint density at radius 3 is 2.53 bits per heavy atom. The van der Waals surface area contributed by atoms with Crippen LogP contribution in [0.4, 0.5) is 0 Å². The monoisotopic (exact) mass is 271 g/mol. The van der Waals surface area contributed by atoms with E-state index in [0.29, 0.717) is 26.1 Å². The van der Waals surface area contributed by atoms with Gasteiger partial charge in [-0.25, -0.2) is 0 Å². The highest BCUT2D eigenvalue weighted by molar-refractivity contribution is 5.76. The summed E-state index contributed by atoms with van der Waals surface area (Å²) in [6, 6.07) is -0.0131. The van der Waals surface area contributed by atoms with Crippen molar-refractivity contribution in [2.45, 2.75) is 76.9 Å². The maximum atomic E-state index is 11.7. The molecule has 1 aliphatic heterocycles. The van der Waals surface area contributed by atoms with Crippen molar-refractivity contribution in [2.75, 3.05) is 13.2 Å². The number of unbranched alkanes of at least 4 members (excludes halogenated alkanes) is 6. The number of aliphatic hydroxyl groups is 1. The lowest BCUT2D eigenvalue weighted by molar-refractivity contribution is -0.123. The second-order valence-corrected chi connectivity index (χ2v) is 5.56. The zero-order chi connectivity index (χ0) is 13.9. The highest BCUT2D eigenvalue weighted by Gasteiger charge is 2.21. The van der Waals surface area contributed by atoms with E-state index in [1.807, 2.05) is 0 Å². The van der Waals surface area contributed by atoms with Gasteiger partial charge in [-0.3, -0.25) is 4.79 Å². The molecule has 0 aromatic heterocycles. The van der Waals surface area contributed by atoms with Crippen LogP contribution in [0.25, 0.3) is 0 Å². The summed E-state index contributed by atoms with van der Waals surface area (Å²) in [6.45, 7) is 3.14. The van der Waals surface area contributed by atoms with Crippen LogP contribution in [0.5, 0.6) is 0 Å². The number of carbonyl (C=O) groups is 1. The maximum absolute atomic E-state index is 11.7. The average Bonchev–Trinajstić information content (AvgIpc) is 2.37. The van der Waals surface area contributed by atoms with Gasteiger partial charge in [0.05, 0.1) is 25.4 Å². The predicted octanol–water partition coefficient (Wildman–Crippen LogP) is 2.39. The zero-order valence-electron chi connectivity index (χ0n) is 12.2. The van der Waals surface area contributed by atoms with Crippen molar-refractivity contribution in [3.05, 3.63) is 0 Å². The summed E-state index contributed by atoms with van der Waals surface area (Å²) in [5.74, 6) is 0.0938. The van der Waals surface area contributed by atoms with E-state index in [4.69, 9.17) is 4.74 Å². The van der Waals surface area contributed by atoms with Crippen molar-refractivity contribution < 1.29 is 14.6 Å². The molecule has 1 rings (SSSR count). The molecule has 0 unspecified atom stereocenters. The molecule has 1 saturated heterocycles. The molecule has 1 fully saturated rings. The minimum absolute atomic E-state index is 0.0131. The van der Waals surface area contributed by atoms with Gasteiger partial charge in [-0.1, -0.05) is 45.4 Å². The summed E-state index contributed by atoms with van der Waals surface area (Å²) in [6.07, 6.45) is 9.33. The van der Waals surface area contributed by atoms with Gasteiger partial charge in [-0.2, -0.15) is 0 Å². The van der Waals surface area contributed by atoms with E-state index in [0.717, 1.165) is 12.8 Å². The Labute approximate surface area is 116 Å². The van der Waals surface area contributed by atoms with E-state index >= 15 is 0 Å². The standard InChI is InChI=1S/C15H29NO3/c1-2-3-4-5-6-7-8-9-15(18)16-13-10-14(17)12-19-11-13/h13-14,17H,2-12H2,1H3,(H,16,18)/t13-,14+/m1/s1. The molecule has 19 heavy (non-hydrogen) atoms. The number of ether oxygens (including phenoxy) is 1. The van der Waals surface area contributed by atoms with Gasteiger partial charge in [0.2, 0.25) is 5.91 Å². The van der Waals surface area contributed by atoms with Crippen molar-refractivity contribution in [3.63, 3.8) is 0 Å². The van der Waals surface area contributed by atoms with Crippen LogP contribution in [0.3, 0.4) is 0 Å². The molecule has 1 aliphatic rings. The number of hydrogen-bond acceptors (Lipinski definition) is 3. The molecule has 0 bridgehead atoms. The molecule has 0 aliphatic carbocycles. The predicted molar refractivity (Wildman–Crippen MR) is 76.0 cm³/mol. The molecule has 2 atom stereocenters. The summed E-state index contributed by atoms with van der Waals surface area (Å²) >= 11 is 0. The van der Waals surface area contributed by atoms with E-state index in [-0.39, 0.29) is 11.9 Å².